The van der Waals surface area contributed by atoms with E-state index in [2.05, 4.69) is 0 Å². The normalized spacial score (nSPS) is 15.5. The molecule has 6 heteroatoms. The molecular formula is C26H27NO5. The fourth-order valence-electron chi connectivity index (χ4n) is 4.15. The van der Waals surface area contributed by atoms with Crippen LogP contribution in [0.15, 0.2) is 66.7 Å². The summed E-state index contributed by atoms with van der Waals surface area (Å²) in [7, 11) is 0. The van der Waals surface area contributed by atoms with Gasteiger partial charge in [0.2, 0.25) is 0 Å². The van der Waals surface area contributed by atoms with Gasteiger partial charge in [0.15, 0.2) is 0 Å². The van der Waals surface area contributed by atoms with Crippen LogP contribution in [-0.2, 0) is 10.4 Å². The Hall–Kier alpha value is -3.38. The van der Waals surface area contributed by atoms with E-state index in [-0.39, 0.29) is 12.3 Å². The molecule has 2 N–H and O–H groups in total. The summed E-state index contributed by atoms with van der Waals surface area (Å²) >= 11 is 0. The van der Waals surface area contributed by atoms with Crippen molar-refractivity contribution in [1.29, 1.82) is 0 Å². The zero-order valence-corrected chi connectivity index (χ0v) is 17.9. The van der Waals surface area contributed by atoms with Crippen LogP contribution in [0.3, 0.4) is 0 Å². The second-order valence-electron chi connectivity index (χ2n) is 8.26. The first kappa shape index (κ1) is 21.8. The van der Waals surface area contributed by atoms with Crippen LogP contribution in [0.5, 0.6) is 5.75 Å². The monoisotopic (exact) mass is 433 g/mol. The molecule has 166 valence electrons. The lowest BCUT2D eigenvalue weighted by atomic mass is 9.84. The summed E-state index contributed by atoms with van der Waals surface area (Å²) in [5, 5.41) is 22.0. The highest BCUT2D eigenvalue weighted by molar-refractivity contribution is 5.98. The van der Waals surface area contributed by atoms with Crippen LogP contribution in [0.2, 0.25) is 0 Å². The molecular weight excluding hydrogens is 406 g/mol. The molecule has 0 atom stereocenters. The number of hydrogen-bond acceptors (Lipinski definition) is 4. The fourth-order valence-corrected chi connectivity index (χ4v) is 4.15. The number of hydrogen-bond donors (Lipinski definition) is 2. The van der Waals surface area contributed by atoms with Gasteiger partial charge >= 0.3 is 5.97 Å². The van der Waals surface area contributed by atoms with Gasteiger partial charge in [-0.15, -0.1) is 0 Å². The summed E-state index contributed by atoms with van der Waals surface area (Å²) in [5.74, 6) is -0.203. The Morgan fingerprint density at radius 1 is 0.938 bits per heavy atom. The number of carbonyl (C=O) groups is 2. The lowest BCUT2D eigenvalue weighted by Crippen LogP contribution is -2.45. The molecule has 3 aromatic rings. The summed E-state index contributed by atoms with van der Waals surface area (Å²) in [5.41, 5.74) is 0.480. The van der Waals surface area contributed by atoms with E-state index in [1.807, 2.05) is 54.6 Å². The molecule has 3 aromatic carbocycles. The van der Waals surface area contributed by atoms with Crippen LogP contribution in [-0.4, -0.2) is 46.7 Å². The summed E-state index contributed by atoms with van der Waals surface area (Å²) in [6.07, 6.45) is 1.45. The largest absolute Gasteiger partial charge is 0.494 e. The number of carboxylic acids is 1. The van der Waals surface area contributed by atoms with E-state index in [0.29, 0.717) is 50.3 Å². The van der Waals surface area contributed by atoms with Crippen LogP contribution in [0.4, 0.5) is 0 Å². The van der Waals surface area contributed by atoms with Gasteiger partial charge in [0, 0.05) is 25.1 Å². The van der Waals surface area contributed by atoms with Crippen molar-refractivity contribution in [2.45, 2.75) is 31.3 Å². The van der Waals surface area contributed by atoms with Crippen LogP contribution >= 0.6 is 0 Å². The van der Waals surface area contributed by atoms with Gasteiger partial charge in [-0.3, -0.25) is 9.59 Å². The molecule has 0 unspecified atom stereocenters. The third-order valence-corrected chi connectivity index (χ3v) is 6.07. The Kier molecular flexibility index (Phi) is 6.42. The molecule has 32 heavy (non-hydrogen) atoms. The van der Waals surface area contributed by atoms with Gasteiger partial charge in [-0.25, -0.2) is 0 Å². The van der Waals surface area contributed by atoms with Gasteiger partial charge in [0.25, 0.3) is 5.91 Å². The minimum Gasteiger partial charge on any atom is -0.494 e. The first-order chi connectivity index (χ1) is 15.4. The van der Waals surface area contributed by atoms with Crippen LogP contribution < -0.4 is 4.74 Å². The van der Waals surface area contributed by atoms with Crippen molar-refractivity contribution >= 4 is 22.6 Å². The quantitative estimate of drug-likeness (QED) is 0.545. The molecule has 6 nitrogen and oxygen atoms in total. The SMILES string of the molecule is O=C(O)CCCOc1ccc(C2(O)CCN(C(=O)c3ccc4ccccc4c3)CC2)cc1. The number of aliphatic hydroxyl groups is 1. The van der Waals surface area contributed by atoms with Crippen molar-refractivity contribution in [3.05, 3.63) is 77.9 Å². The Morgan fingerprint density at radius 2 is 1.62 bits per heavy atom. The predicted octanol–water partition coefficient (Wildman–Crippen LogP) is 4.21. The number of amides is 1. The van der Waals surface area contributed by atoms with Crippen molar-refractivity contribution in [2.24, 2.45) is 0 Å². The van der Waals surface area contributed by atoms with Gasteiger partial charge in [-0.05, 0) is 59.9 Å². The Morgan fingerprint density at radius 3 is 2.31 bits per heavy atom. The average molecular weight is 434 g/mol. The highest BCUT2D eigenvalue weighted by Gasteiger charge is 2.35. The highest BCUT2D eigenvalue weighted by atomic mass is 16.5. The molecule has 1 heterocycles. The first-order valence-electron chi connectivity index (χ1n) is 10.9. The van der Waals surface area contributed by atoms with Gasteiger partial charge in [0.1, 0.15) is 5.75 Å². The second-order valence-corrected chi connectivity index (χ2v) is 8.26. The standard InChI is InChI=1S/C26H27NO5/c28-24(29)6-3-17-32-23-11-9-22(10-12-23)26(31)13-15-27(16-14-26)25(30)21-8-7-19-4-1-2-5-20(19)18-21/h1-2,4-5,7-12,18,31H,3,6,13-17H2,(H,28,29). The minimum atomic E-state index is -0.984. The topological polar surface area (TPSA) is 87.1 Å². The van der Waals surface area contributed by atoms with Crippen LogP contribution in [0.1, 0.15) is 41.6 Å². The maximum absolute atomic E-state index is 13.0. The van der Waals surface area contributed by atoms with Gasteiger partial charge < -0.3 is 19.8 Å². The zero-order valence-electron chi connectivity index (χ0n) is 17.9. The predicted molar refractivity (Wildman–Crippen MR) is 122 cm³/mol. The van der Waals surface area contributed by atoms with E-state index < -0.39 is 11.6 Å². The minimum absolute atomic E-state index is 0.0112. The van der Waals surface area contributed by atoms with Crippen LogP contribution in [0.25, 0.3) is 10.8 Å². The van der Waals surface area contributed by atoms with E-state index in [1.54, 1.807) is 17.0 Å². The number of carboxylic acid groups (broad SMARTS) is 1. The number of fused-ring (bicyclic) bond motifs is 1. The number of carbonyl (C=O) groups excluding carboxylic acids is 1. The zero-order chi connectivity index (χ0) is 22.6. The molecule has 1 aliphatic heterocycles. The number of rotatable bonds is 7. The lowest BCUT2D eigenvalue weighted by molar-refractivity contribution is -0.137. The molecule has 0 bridgehead atoms. The smallest absolute Gasteiger partial charge is 0.303 e. The van der Waals surface area contributed by atoms with E-state index in [9.17, 15) is 14.7 Å². The number of aliphatic carboxylic acids is 1. The second kappa shape index (κ2) is 9.40. The third-order valence-electron chi connectivity index (χ3n) is 6.07. The molecule has 1 fully saturated rings. The van der Waals surface area contributed by atoms with Gasteiger partial charge in [-0.2, -0.15) is 0 Å². The highest BCUT2D eigenvalue weighted by Crippen LogP contribution is 2.34. The van der Waals surface area contributed by atoms with Crippen molar-refractivity contribution in [3.8, 4) is 5.75 Å². The summed E-state index contributed by atoms with van der Waals surface area (Å²) < 4.78 is 5.56. The van der Waals surface area contributed by atoms with Gasteiger partial charge in [-0.1, -0.05) is 42.5 Å². The maximum atomic E-state index is 13.0. The van der Waals surface area contributed by atoms with E-state index in [4.69, 9.17) is 9.84 Å². The van der Waals surface area contributed by atoms with E-state index in [0.717, 1.165) is 16.3 Å². The molecule has 1 amide bonds. The first-order valence-corrected chi connectivity index (χ1v) is 10.9. The number of ether oxygens (including phenoxy) is 1. The number of nitrogens with zero attached hydrogens (tertiary/aromatic N) is 1. The fraction of sp³-hybridized carbons (Fsp3) is 0.308. The van der Waals surface area contributed by atoms with Crippen molar-refractivity contribution in [1.82, 2.24) is 4.90 Å². The van der Waals surface area contributed by atoms with Gasteiger partial charge in [0.05, 0.1) is 12.2 Å². The molecule has 0 aromatic heterocycles. The molecule has 1 aliphatic rings. The van der Waals surface area contributed by atoms with Crippen molar-refractivity contribution < 1.29 is 24.5 Å². The Balaban J connectivity index is 1.35. The maximum Gasteiger partial charge on any atom is 0.303 e. The number of likely N-dealkylation sites (tertiary alicyclic amines) is 1. The lowest BCUT2D eigenvalue weighted by Gasteiger charge is -2.38. The molecule has 4 rings (SSSR count). The molecule has 0 spiro atoms. The van der Waals surface area contributed by atoms with Crippen molar-refractivity contribution in [3.63, 3.8) is 0 Å². The third kappa shape index (κ3) is 4.92. The van der Waals surface area contributed by atoms with Crippen LogP contribution in [0, 0.1) is 0 Å². The summed E-state index contributed by atoms with van der Waals surface area (Å²) in [6.45, 7) is 1.30. The molecule has 0 saturated carbocycles. The van der Waals surface area contributed by atoms with E-state index in [1.165, 1.54) is 0 Å². The number of benzene rings is 3. The number of piperidine rings is 1. The average Bonchev–Trinajstić information content (AvgIpc) is 2.82. The Bertz CT molecular complexity index is 1100. The molecule has 0 radical (unpaired) electrons. The molecule has 1 saturated heterocycles. The summed E-state index contributed by atoms with van der Waals surface area (Å²) in [4.78, 5) is 25.4. The summed E-state index contributed by atoms with van der Waals surface area (Å²) in [6, 6.07) is 21.0. The molecule has 0 aliphatic carbocycles. The Labute approximate surface area is 187 Å². The van der Waals surface area contributed by atoms with E-state index >= 15 is 0 Å². The van der Waals surface area contributed by atoms with Crippen molar-refractivity contribution in [2.75, 3.05) is 19.7 Å².